The molecule has 31 heavy (non-hydrogen) atoms. The maximum Gasteiger partial charge on any atom is 0.332 e. The number of anilines is 1. The fraction of sp³-hybridized carbons (Fsp3) is 0.250. The van der Waals surface area contributed by atoms with Gasteiger partial charge in [-0.2, -0.15) is 0 Å². The van der Waals surface area contributed by atoms with Crippen LogP contribution in [0.15, 0.2) is 45.6 Å². The van der Waals surface area contributed by atoms with Crippen LogP contribution in [-0.4, -0.2) is 36.2 Å². The molecule has 11 heteroatoms. The summed E-state index contributed by atoms with van der Waals surface area (Å²) in [6.45, 7) is 2.39. The van der Waals surface area contributed by atoms with Gasteiger partial charge in [0.05, 0.1) is 18.6 Å². The highest BCUT2D eigenvalue weighted by molar-refractivity contribution is 7.14. The molecule has 1 aromatic carbocycles. The third-order valence-electron chi connectivity index (χ3n) is 4.74. The number of aromatic nitrogens is 5. The highest BCUT2D eigenvalue weighted by atomic mass is 32.1. The summed E-state index contributed by atoms with van der Waals surface area (Å²) in [6.07, 6.45) is 1.37. The zero-order valence-electron chi connectivity index (χ0n) is 17.2. The largest absolute Gasteiger partial charge is 0.494 e. The average Bonchev–Trinajstić information content (AvgIpc) is 3.39. The average molecular weight is 440 g/mol. The van der Waals surface area contributed by atoms with Crippen molar-refractivity contribution >= 4 is 33.5 Å². The van der Waals surface area contributed by atoms with Crippen molar-refractivity contribution in [2.24, 2.45) is 14.1 Å². The molecule has 10 nitrogen and oxygen atoms in total. The number of imidazole rings is 1. The second-order valence-electron chi connectivity index (χ2n) is 6.79. The van der Waals surface area contributed by atoms with Gasteiger partial charge in [0, 0.05) is 25.0 Å². The van der Waals surface area contributed by atoms with Crippen LogP contribution in [0.1, 0.15) is 6.92 Å². The first-order valence-corrected chi connectivity index (χ1v) is 10.4. The Morgan fingerprint density at radius 3 is 2.61 bits per heavy atom. The molecule has 3 heterocycles. The van der Waals surface area contributed by atoms with Crippen LogP contribution in [0.25, 0.3) is 22.4 Å². The van der Waals surface area contributed by atoms with Crippen molar-refractivity contribution in [3.05, 3.63) is 56.8 Å². The third-order valence-corrected chi connectivity index (χ3v) is 5.50. The molecule has 0 bridgehead atoms. The molecule has 1 N–H and O–H groups in total. The Labute approximate surface area is 180 Å². The maximum atomic E-state index is 12.5. The summed E-state index contributed by atoms with van der Waals surface area (Å²) in [5.74, 6) is 0.425. The highest BCUT2D eigenvalue weighted by Crippen LogP contribution is 2.26. The zero-order chi connectivity index (χ0) is 22.1. The van der Waals surface area contributed by atoms with Gasteiger partial charge < -0.3 is 14.6 Å². The number of carbonyl (C=O) groups excluding carboxylic acids is 1. The molecule has 0 saturated carbocycles. The van der Waals surface area contributed by atoms with Gasteiger partial charge >= 0.3 is 5.69 Å². The number of nitrogens with zero attached hydrogens (tertiary/aromatic N) is 5. The van der Waals surface area contributed by atoms with Crippen LogP contribution >= 0.6 is 11.3 Å². The van der Waals surface area contributed by atoms with Crippen molar-refractivity contribution in [1.29, 1.82) is 0 Å². The van der Waals surface area contributed by atoms with E-state index in [0.29, 0.717) is 11.7 Å². The second-order valence-corrected chi connectivity index (χ2v) is 7.65. The first kappa shape index (κ1) is 20.5. The molecule has 3 aromatic heterocycles. The quantitative estimate of drug-likeness (QED) is 0.487. The molecule has 0 unspecified atom stereocenters. The van der Waals surface area contributed by atoms with Gasteiger partial charge in [0.1, 0.15) is 12.3 Å². The van der Waals surface area contributed by atoms with Crippen LogP contribution in [0.2, 0.25) is 0 Å². The number of rotatable bonds is 6. The lowest BCUT2D eigenvalue weighted by Crippen LogP contribution is -2.37. The predicted octanol–water partition coefficient (Wildman–Crippen LogP) is 1.59. The van der Waals surface area contributed by atoms with Crippen LogP contribution in [0.5, 0.6) is 5.75 Å². The predicted molar refractivity (Wildman–Crippen MR) is 118 cm³/mol. The summed E-state index contributed by atoms with van der Waals surface area (Å²) in [5, 5.41) is 5.04. The molecular formula is C20H20N6O4S. The van der Waals surface area contributed by atoms with Crippen molar-refractivity contribution in [2.45, 2.75) is 13.5 Å². The van der Waals surface area contributed by atoms with E-state index in [1.165, 1.54) is 40.9 Å². The monoisotopic (exact) mass is 440 g/mol. The number of ether oxygens (including phenoxy) is 1. The first-order chi connectivity index (χ1) is 14.9. The van der Waals surface area contributed by atoms with Crippen molar-refractivity contribution in [1.82, 2.24) is 23.7 Å². The Morgan fingerprint density at radius 1 is 1.16 bits per heavy atom. The van der Waals surface area contributed by atoms with Gasteiger partial charge in [-0.3, -0.25) is 18.7 Å². The Bertz CT molecular complexity index is 1380. The molecule has 0 saturated heterocycles. The zero-order valence-corrected chi connectivity index (χ0v) is 18.0. The van der Waals surface area contributed by atoms with Gasteiger partial charge in [0.15, 0.2) is 16.3 Å². The number of thiazole rings is 1. The minimum Gasteiger partial charge on any atom is -0.494 e. The minimum atomic E-state index is -0.504. The molecule has 0 fully saturated rings. The third kappa shape index (κ3) is 3.87. The van der Waals surface area contributed by atoms with E-state index in [2.05, 4.69) is 15.3 Å². The number of fused-ring (bicyclic) bond motifs is 1. The molecule has 1 amide bonds. The van der Waals surface area contributed by atoms with Gasteiger partial charge in [-0.25, -0.2) is 14.8 Å². The molecule has 0 aliphatic carbocycles. The van der Waals surface area contributed by atoms with E-state index in [0.717, 1.165) is 21.6 Å². The molecule has 0 aliphatic heterocycles. The number of hydrogen-bond acceptors (Lipinski definition) is 7. The van der Waals surface area contributed by atoms with E-state index in [1.807, 2.05) is 36.6 Å². The van der Waals surface area contributed by atoms with Gasteiger partial charge in [-0.1, -0.05) is 0 Å². The Hall–Kier alpha value is -3.73. The molecule has 0 atom stereocenters. The summed E-state index contributed by atoms with van der Waals surface area (Å²) in [7, 11) is 2.92. The van der Waals surface area contributed by atoms with E-state index in [4.69, 9.17) is 4.74 Å². The van der Waals surface area contributed by atoms with Crippen molar-refractivity contribution in [3.8, 4) is 17.0 Å². The lowest BCUT2D eigenvalue weighted by molar-refractivity contribution is -0.116. The Balaban J connectivity index is 1.51. The fourth-order valence-corrected chi connectivity index (χ4v) is 3.92. The lowest BCUT2D eigenvalue weighted by atomic mass is 10.2. The fourth-order valence-electron chi connectivity index (χ4n) is 3.18. The van der Waals surface area contributed by atoms with Crippen molar-refractivity contribution < 1.29 is 9.53 Å². The Morgan fingerprint density at radius 2 is 1.90 bits per heavy atom. The number of aryl methyl sites for hydroxylation is 1. The van der Waals surface area contributed by atoms with E-state index < -0.39 is 11.2 Å². The van der Waals surface area contributed by atoms with Crippen molar-refractivity contribution in [2.75, 3.05) is 11.9 Å². The second kappa shape index (κ2) is 8.19. The van der Waals surface area contributed by atoms with E-state index in [1.54, 1.807) is 0 Å². The maximum absolute atomic E-state index is 12.5. The summed E-state index contributed by atoms with van der Waals surface area (Å²) in [4.78, 5) is 45.6. The SMILES string of the molecule is CCOc1ccc(-c2csc(NC(=O)Cn3cnc4c3c(=O)n(C)c(=O)n4C)n2)cc1. The Kier molecular flexibility index (Phi) is 5.42. The smallest absolute Gasteiger partial charge is 0.332 e. The van der Waals surface area contributed by atoms with Gasteiger partial charge in [0.2, 0.25) is 5.91 Å². The summed E-state index contributed by atoms with van der Waals surface area (Å²) in [5.41, 5.74) is 1.08. The number of carbonyl (C=O) groups is 1. The molecule has 160 valence electrons. The molecular weight excluding hydrogens is 420 g/mol. The molecule has 0 aliphatic rings. The molecule has 0 radical (unpaired) electrons. The normalized spacial score (nSPS) is 11.1. The van der Waals surface area contributed by atoms with E-state index in [-0.39, 0.29) is 23.6 Å². The topological polar surface area (TPSA) is 113 Å². The van der Waals surface area contributed by atoms with Gasteiger partial charge in [-0.15, -0.1) is 11.3 Å². The molecule has 4 aromatic rings. The van der Waals surface area contributed by atoms with Gasteiger partial charge in [-0.05, 0) is 31.2 Å². The summed E-state index contributed by atoms with van der Waals surface area (Å²) in [6, 6.07) is 7.55. The van der Waals surface area contributed by atoms with E-state index >= 15 is 0 Å². The summed E-state index contributed by atoms with van der Waals surface area (Å²) >= 11 is 1.30. The molecule has 4 rings (SSSR count). The number of hydrogen-bond donors (Lipinski definition) is 1. The van der Waals surface area contributed by atoms with Crippen LogP contribution in [0.3, 0.4) is 0 Å². The minimum absolute atomic E-state index is 0.137. The number of amides is 1. The van der Waals surface area contributed by atoms with Crippen LogP contribution in [0, 0.1) is 0 Å². The van der Waals surface area contributed by atoms with E-state index in [9.17, 15) is 14.4 Å². The van der Waals surface area contributed by atoms with Crippen LogP contribution < -0.4 is 21.3 Å². The van der Waals surface area contributed by atoms with Crippen LogP contribution in [0.4, 0.5) is 5.13 Å². The van der Waals surface area contributed by atoms with Crippen LogP contribution in [-0.2, 0) is 25.4 Å². The number of nitrogens with one attached hydrogen (secondary N) is 1. The summed E-state index contributed by atoms with van der Waals surface area (Å²) < 4.78 is 9.13. The lowest BCUT2D eigenvalue weighted by Gasteiger charge is -2.06. The first-order valence-electron chi connectivity index (χ1n) is 9.48. The van der Waals surface area contributed by atoms with Crippen molar-refractivity contribution in [3.63, 3.8) is 0 Å². The van der Waals surface area contributed by atoms with Gasteiger partial charge in [0.25, 0.3) is 5.56 Å². The number of benzene rings is 1. The molecule has 0 spiro atoms. The standard InChI is InChI=1S/C20H20N6O4S/c1-4-30-13-7-5-12(6-8-13)14-10-31-19(22-14)23-15(27)9-26-11-21-17-16(26)18(28)25(3)20(29)24(17)2/h5-8,10-11H,4,9H2,1-3H3,(H,22,23,27). The highest BCUT2D eigenvalue weighted by Gasteiger charge is 2.16.